The molecular weight excluding hydrogens is 530 g/mol. The average Bonchev–Trinajstić information content (AvgIpc) is 3.51. The number of carbonyl (C=O) groups is 3. The molecule has 200 valence electrons. The molecule has 3 fully saturated rings. The van der Waals surface area contributed by atoms with Crippen molar-refractivity contribution in [1.82, 2.24) is 19.6 Å². The maximum atomic E-state index is 13.7. The molecule has 5 rings (SSSR count). The zero-order valence-corrected chi connectivity index (χ0v) is 22.4. The maximum Gasteiger partial charge on any atom is 0.308 e. The standard InChI is InChI=1S/C25H27N5O6S2/c1-2-35-20(31)13-17-22(32)26-8-10-28(17)21-16(23(33)29-9-4-3-7-19(29)27-21)12-18-24(34)30(25(37)38-18)14-15-6-5-11-36-15/h3-4,7,9,12,15,17H,2,5-6,8,10-11,13-14H2,1H3,(H,26,32)/b18-12-/t15-,17-/m0/s1. The molecule has 0 radical (unpaired) electrons. The zero-order valence-electron chi connectivity index (χ0n) is 20.8. The van der Waals surface area contributed by atoms with Gasteiger partial charge in [0.1, 0.15) is 21.8 Å². The van der Waals surface area contributed by atoms with Crippen LogP contribution in [-0.4, -0.2) is 81.4 Å². The Morgan fingerprint density at radius 3 is 2.95 bits per heavy atom. The molecule has 2 aromatic heterocycles. The Balaban J connectivity index is 1.57. The Hall–Kier alpha value is -3.29. The number of nitrogens with zero attached hydrogens (tertiary/aromatic N) is 4. The quantitative estimate of drug-likeness (QED) is 0.303. The smallest absolute Gasteiger partial charge is 0.308 e. The maximum absolute atomic E-state index is 13.7. The number of fused-ring (bicyclic) bond motifs is 1. The van der Waals surface area contributed by atoms with Crippen molar-refractivity contribution in [3.8, 4) is 0 Å². The van der Waals surface area contributed by atoms with Crippen LogP contribution in [0.5, 0.6) is 0 Å². The molecule has 5 heterocycles. The number of carbonyl (C=O) groups excluding carboxylic acids is 3. The molecule has 0 aromatic carbocycles. The molecule has 0 unspecified atom stereocenters. The van der Waals surface area contributed by atoms with E-state index in [0.717, 1.165) is 24.6 Å². The number of hydrogen-bond acceptors (Lipinski definition) is 10. The van der Waals surface area contributed by atoms with Crippen LogP contribution in [-0.2, 0) is 23.9 Å². The number of rotatable bonds is 7. The van der Waals surface area contributed by atoms with Crippen LogP contribution in [0, 0.1) is 0 Å². The Morgan fingerprint density at radius 1 is 1.34 bits per heavy atom. The number of ether oxygens (including phenoxy) is 2. The molecule has 0 saturated carbocycles. The highest BCUT2D eigenvalue weighted by molar-refractivity contribution is 8.26. The second-order valence-electron chi connectivity index (χ2n) is 9.02. The van der Waals surface area contributed by atoms with Crippen LogP contribution < -0.4 is 15.8 Å². The van der Waals surface area contributed by atoms with Crippen LogP contribution in [0.4, 0.5) is 5.82 Å². The molecule has 3 saturated heterocycles. The van der Waals surface area contributed by atoms with E-state index in [-0.39, 0.29) is 47.2 Å². The van der Waals surface area contributed by atoms with Crippen molar-refractivity contribution in [1.29, 1.82) is 0 Å². The largest absolute Gasteiger partial charge is 0.466 e. The van der Waals surface area contributed by atoms with Gasteiger partial charge in [-0.05, 0) is 38.0 Å². The lowest BCUT2D eigenvalue weighted by Gasteiger charge is -2.36. The van der Waals surface area contributed by atoms with Crippen molar-refractivity contribution in [3.63, 3.8) is 0 Å². The fourth-order valence-electron chi connectivity index (χ4n) is 4.77. The van der Waals surface area contributed by atoms with Crippen molar-refractivity contribution in [2.24, 2.45) is 0 Å². The van der Waals surface area contributed by atoms with Gasteiger partial charge in [-0.25, -0.2) is 4.98 Å². The van der Waals surface area contributed by atoms with E-state index in [4.69, 9.17) is 26.7 Å². The predicted octanol–water partition coefficient (Wildman–Crippen LogP) is 1.33. The highest BCUT2D eigenvalue weighted by Crippen LogP contribution is 2.35. The number of thiocarbonyl (C=S) groups is 1. The summed E-state index contributed by atoms with van der Waals surface area (Å²) in [6, 6.07) is 4.21. The van der Waals surface area contributed by atoms with Crippen LogP contribution >= 0.6 is 24.0 Å². The monoisotopic (exact) mass is 557 g/mol. The van der Waals surface area contributed by atoms with Gasteiger partial charge in [0.05, 0.1) is 36.1 Å². The molecule has 1 N–H and O–H groups in total. The third-order valence-corrected chi connectivity index (χ3v) is 7.95. The highest BCUT2D eigenvalue weighted by atomic mass is 32.2. The van der Waals surface area contributed by atoms with E-state index >= 15 is 0 Å². The van der Waals surface area contributed by atoms with Gasteiger partial charge in [-0.2, -0.15) is 0 Å². The predicted molar refractivity (Wildman–Crippen MR) is 146 cm³/mol. The van der Waals surface area contributed by atoms with Crippen LogP contribution in [0.2, 0.25) is 0 Å². The molecule has 2 amide bonds. The van der Waals surface area contributed by atoms with E-state index in [1.54, 1.807) is 36.2 Å². The number of nitrogens with one attached hydrogen (secondary N) is 1. The van der Waals surface area contributed by atoms with Gasteiger partial charge in [0.2, 0.25) is 5.91 Å². The summed E-state index contributed by atoms with van der Waals surface area (Å²) in [6.07, 6.45) is 4.60. The number of hydrogen-bond donors (Lipinski definition) is 1. The van der Waals surface area contributed by atoms with E-state index in [0.29, 0.717) is 36.2 Å². The minimum atomic E-state index is -0.929. The minimum absolute atomic E-state index is 0.0733. The summed E-state index contributed by atoms with van der Waals surface area (Å²) in [7, 11) is 0. The molecular formula is C25H27N5O6S2. The van der Waals surface area contributed by atoms with E-state index in [9.17, 15) is 19.2 Å². The van der Waals surface area contributed by atoms with Crippen LogP contribution in [0.1, 0.15) is 31.7 Å². The van der Waals surface area contributed by atoms with E-state index in [2.05, 4.69) is 5.32 Å². The van der Waals surface area contributed by atoms with Crippen molar-refractivity contribution in [2.45, 2.75) is 38.3 Å². The van der Waals surface area contributed by atoms with Crippen LogP contribution in [0.15, 0.2) is 34.1 Å². The van der Waals surface area contributed by atoms with Crippen molar-refractivity contribution >= 4 is 63.6 Å². The van der Waals surface area contributed by atoms with E-state index < -0.39 is 17.6 Å². The van der Waals surface area contributed by atoms with Gasteiger partial charge in [0.15, 0.2) is 0 Å². The number of thioether (sulfide) groups is 1. The van der Waals surface area contributed by atoms with E-state index in [1.165, 1.54) is 15.4 Å². The first-order chi connectivity index (χ1) is 18.4. The van der Waals surface area contributed by atoms with Gasteiger partial charge in [0.25, 0.3) is 11.5 Å². The SMILES string of the molecule is CCOC(=O)C[C@H]1C(=O)NCCN1c1nc2ccccn2c(=O)c1/C=C1\SC(=S)N(C[C@@H]2CCCO2)C1=O. The van der Waals surface area contributed by atoms with Crippen molar-refractivity contribution < 1.29 is 23.9 Å². The van der Waals surface area contributed by atoms with E-state index in [1.807, 2.05) is 0 Å². The number of pyridine rings is 1. The molecule has 3 aliphatic heterocycles. The molecule has 0 bridgehead atoms. The summed E-state index contributed by atoms with van der Waals surface area (Å²) in [6.45, 7) is 3.51. The fourth-order valence-corrected chi connectivity index (χ4v) is 6.02. The normalized spacial score (nSPS) is 23.0. The number of anilines is 1. The molecule has 11 nitrogen and oxygen atoms in total. The molecule has 3 aliphatic rings. The Labute approximate surface area is 228 Å². The van der Waals surface area contributed by atoms with Gasteiger partial charge in [-0.15, -0.1) is 0 Å². The number of piperazine rings is 1. The Kier molecular flexibility index (Phi) is 7.77. The molecule has 13 heteroatoms. The first kappa shape index (κ1) is 26.3. The Bertz CT molecular complexity index is 1390. The fraction of sp³-hybridized carbons (Fsp3) is 0.440. The number of amides is 2. The summed E-state index contributed by atoms with van der Waals surface area (Å²) in [5.41, 5.74) is 0.0992. The summed E-state index contributed by atoms with van der Waals surface area (Å²) in [4.78, 5) is 60.4. The molecule has 2 aromatic rings. The third kappa shape index (κ3) is 5.18. The Morgan fingerprint density at radius 2 is 2.18 bits per heavy atom. The first-order valence-electron chi connectivity index (χ1n) is 12.5. The highest BCUT2D eigenvalue weighted by Gasteiger charge is 2.37. The lowest BCUT2D eigenvalue weighted by Crippen LogP contribution is -2.57. The average molecular weight is 558 g/mol. The molecule has 0 spiro atoms. The summed E-state index contributed by atoms with van der Waals surface area (Å²) in [5, 5.41) is 2.77. The second kappa shape index (κ2) is 11.2. The zero-order chi connectivity index (χ0) is 26.8. The van der Waals surface area contributed by atoms with Crippen molar-refractivity contribution in [2.75, 3.05) is 37.7 Å². The summed E-state index contributed by atoms with van der Waals surface area (Å²) >= 11 is 6.59. The number of aromatic nitrogens is 2. The van der Waals surface area contributed by atoms with Crippen molar-refractivity contribution in [3.05, 3.63) is 45.2 Å². The third-order valence-electron chi connectivity index (χ3n) is 6.58. The lowest BCUT2D eigenvalue weighted by atomic mass is 10.1. The van der Waals surface area contributed by atoms with Gasteiger partial charge in [-0.1, -0.05) is 30.0 Å². The van der Waals surface area contributed by atoms with Gasteiger partial charge in [0, 0.05) is 25.9 Å². The van der Waals surface area contributed by atoms with Gasteiger partial charge < -0.3 is 19.7 Å². The molecule has 38 heavy (non-hydrogen) atoms. The van der Waals surface area contributed by atoms with Gasteiger partial charge in [-0.3, -0.25) is 28.5 Å². The summed E-state index contributed by atoms with van der Waals surface area (Å²) < 4.78 is 12.5. The van der Waals surface area contributed by atoms with Crippen LogP contribution in [0.25, 0.3) is 11.7 Å². The topological polar surface area (TPSA) is 123 Å². The van der Waals surface area contributed by atoms with Gasteiger partial charge >= 0.3 is 5.97 Å². The number of esters is 1. The molecule has 2 atom stereocenters. The van der Waals surface area contributed by atoms with Crippen LogP contribution in [0.3, 0.4) is 0 Å². The first-order valence-corrected chi connectivity index (χ1v) is 13.7. The second-order valence-corrected chi connectivity index (χ2v) is 10.7. The molecule has 0 aliphatic carbocycles. The minimum Gasteiger partial charge on any atom is -0.466 e. The lowest BCUT2D eigenvalue weighted by molar-refractivity contribution is -0.145. The summed E-state index contributed by atoms with van der Waals surface area (Å²) in [5.74, 6) is -0.991.